The number of methoxy groups -OCH3 is 1. The zero-order chi connectivity index (χ0) is 12.9. The van der Waals surface area contributed by atoms with E-state index in [1.165, 1.54) is 9.80 Å². The van der Waals surface area contributed by atoms with Gasteiger partial charge in [0, 0.05) is 13.5 Å². The van der Waals surface area contributed by atoms with Crippen molar-refractivity contribution in [3.63, 3.8) is 0 Å². The van der Waals surface area contributed by atoms with Crippen LogP contribution in [0.15, 0.2) is 0 Å². The summed E-state index contributed by atoms with van der Waals surface area (Å²) in [6.07, 6.45) is 1.88. The van der Waals surface area contributed by atoms with Crippen LogP contribution < -0.4 is 0 Å². The zero-order valence-electron chi connectivity index (χ0n) is 10.4. The van der Waals surface area contributed by atoms with E-state index in [0.29, 0.717) is 6.54 Å². The van der Waals surface area contributed by atoms with E-state index in [0.717, 1.165) is 19.3 Å². The van der Waals surface area contributed by atoms with Crippen LogP contribution in [-0.4, -0.2) is 59.8 Å². The van der Waals surface area contributed by atoms with E-state index in [2.05, 4.69) is 0 Å². The highest BCUT2D eigenvalue weighted by atomic mass is 19.1. The van der Waals surface area contributed by atoms with Gasteiger partial charge in [0.25, 0.3) is 5.91 Å². The molecule has 0 N–H and O–H groups in total. The highest BCUT2D eigenvalue weighted by molar-refractivity contribution is 6.04. The second kappa shape index (κ2) is 3.91. The van der Waals surface area contributed by atoms with Crippen molar-refractivity contribution in [2.24, 2.45) is 0 Å². The summed E-state index contributed by atoms with van der Waals surface area (Å²) in [5, 5.41) is 0. The molecule has 100 valence electrons. The van der Waals surface area contributed by atoms with Gasteiger partial charge in [0.05, 0.1) is 18.7 Å². The Morgan fingerprint density at radius 1 is 1.44 bits per heavy atom. The lowest BCUT2D eigenvalue weighted by Crippen LogP contribution is -2.51. The molecule has 2 atom stereocenters. The van der Waals surface area contributed by atoms with Gasteiger partial charge < -0.3 is 9.64 Å². The highest BCUT2D eigenvalue weighted by Crippen LogP contribution is 2.38. The maximum absolute atomic E-state index is 13.2. The lowest BCUT2D eigenvalue weighted by atomic mass is 9.79. The number of nitrogens with zero attached hydrogens (tertiary/aromatic N) is 2. The number of hydrogen-bond donors (Lipinski definition) is 0. The Morgan fingerprint density at radius 3 is 2.67 bits per heavy atom. The van der Waals surface area contributed by atoms with E-state index in [9.17, 15) is 14.0 Å². The van der Waals surface area contributed by atoms with Crippen LogP contribution in [0.3, 0.4) is 0 Å². The van der Waals surface area contributed by atoms with Crippen LogP contribution in [0.1, 0.15) is 25.7 Å². The van der Waals surface area contributed by atoms with E-state index >= 15 is 0 Å². The summed E-state index contributed by atoms with van der Waals surface area (Å²) in [7, 11) is 1.61. The molecule has 0 aromatic heterocycles. The fraction of sp³-hybridized carbons (Fsp3) is 0.833. The van der Waals surface area contributed by atoms with Crippen LogP contribution in [-0.2, 0) is 9.53 Å². The molecule has 2 heterocycles. The van der Waals surface area contributed by atoms with E-state index < -0.39 is 12.2 Å². The van der Waals surface area contributed by atoms with E-state index in [-0.39, 0.29) is 30.5 Å². The topological polar surface area (TPSA) is 49.9 Å². The zero-order valence-corrected chi connectivity index (χ0v) is 10.4. The van der Waals surface area contributed by atoms with Crippen LogP contribution in [0.4, 0.5) is 9.18 Å². The summed E-state index contributed by atoms with van der Waals surface area (Å²) in [6.45, 7) is 0.358. The second-order valence-corrected chi connectivity index (χ2v) is 5.45. The first kappa shape index (κ1) is 11.9. The SMILES string of the molecule is COC1(CN2C(=O)[C@@H]3C[C@H](F)CN3C2=O)CCC1. The van der Waals surface area contributed by atoms with Gasteiger partial charge in [-0.1, -0.05) is 0 Å². The molecule has 0 radical (unpaired) electrons. The number of fused-ring (bicyclic) bond motifs is 1. The number of carbonyl (C=O) groups is 2. The Morgan fingerprint density at radius 2 is 2.17 bits per heavy atom. The molecule has 0 aromatic carbocycles. The number of ether oxygens (including phenoxy) is 1. The average molecular weight is 256 g/mol. The quantitative estimate of drug-likeness (QED) is 0.706. The number of alkyl halides is 1. The Hall–Kier alpha value is -1.17. The summed E-state index contributed by atoms with van der Waals surface area (Å²) in [5.74, 6) is -0.261. The molecule has 0 unspecified atom stereocenters. The maximum atomic E-state index is 13.2. The number of hydrogen-bond acceptors (Lipinski definition) is 3. The van der Waals surface area contributed by atoms with Gasteiger partial charge >= 0.3 is 6.03 Å². The largest absolute Gasteiger partial charge is 0.376 e. The Balaban J connectivity index is 1.75. The van der Waals surface area contributed by atoms with Crippen molar-refractivity contribution >= 4 is 11.9 Å². The maximum Gasteiger partial charge on any atom is 0.327 e. The molecular formula is C12H17FN2O3. The molecule has 1 saturated carbocycles. The van der Waals surface area contributed by atoms with Crippen LogP contribution in [0, 0.1) is 0 Å². The summed E-state index contributed by atoms with van der Waals surface area (Å²) < 4.78 is 18.6. The minimum Gasteiger partial charge on any atom is -0.376 e. The molecule has 5 nitrogen and oxygen atoms in total. The standard InChI is InChI=1S/C12H17FN2O3/c1-18-12(3-2-4-12)7-15-10(16)9-5-8(13)6-14(9)11(15)17/h8-9H,2-7H2,1H3/t8-,9-/m0/s1. The third-order valence-corrected chi connectivity index (χ3v) is 4.42. The fourth-order valence-electron chi connectivity index (χ4n) is 3.09. The molecule has 3 aliphatic rings. The van der Waals surface area contributed by atoms with Crippen molar-refractivity contribution in [3.05, 3.63) is 0 Å². The number of amides is 3. The predicted octanol–water partition coefficient (Wildman–Crippen LogP) is 0.930. The van der Waals surface area contributed by atoms with Gasteiger partial charge in [-0.3, -0.25) is 9.69 Å². The minimum atomic E-state index is -1.06. The molecule has 3 fully saturated rings. The van der Waals surface area contributed by atoms with Gasteiger partial charge in [-0.05, 0) is 19.3 Å². The van der Waals surface area contributed by atoms with Crippen molar-refractivity contribution in [2.45, 2.75) is 43.5 Å². The lowest BCUT2D eigenvalue weighted by molar-refractivity contribution is -0.135. The van der Waals surface area contributed by atoms with Gasteiger partial charge in [-0.15, -0.1) is 0 Å². The number of halogens is 1. The molecule has 3 amide bonds. The van der Waals surface area contributed by atoms with Crippen LogP contribution >= 0.6 is 0 Å². The molecule has 2 saturated heterocycles. The van der Waals surface area contributed by atoms with Gasteiger partial charge in [-0.2, -0.15) is 0 Å². The normalized spacial score (nSPS) is 33.9. The van der Waals surface area contributed by atoms with Gasteiger partial charge in [-0.25, -0.2) is 9.18 Å². The third-order valence-electron chi connectivity index (χ3n) is 4.42. The highest BCUT2D eigenvalue weighted by Gasteiger charge is 2.53. The molecule has 6 heteroatoms. The fourth-order valence-corrected chi connectivity index (χ4v) is 3.09. The molecule has 0 spiro atoms. The molecule has 1 aliphatic carbocycles. The van der Waals surface area contributed by atoms with Crippen molar-refractivity contribution in [2.75, 3.05) is 20.2 Å². The van der Waals surface area contributed by atoms with Gasteiger partial charge in [0.2, 0.25) is 0 Å². The number of imide groups is 1. The van der Waals surface area contributed by atoms with Crippen LogP contribution in [0.25, 0.3) is 0 Å². The molecule has 18 heavy (non-hydrogen) atoms. The number of carbonyl (C=O) groups excluding carboxylic acids is 2. The van der Waals surface area contributed by atoms with Crippen LogP contribution in [0.5, 0.6) is 0 Å². The van der Waals surface area contributed by atoms with E-state index in [4.69, 9.17) is 4.74 Å². The first-order valence-electron chi connectivity index (χ1n) is 6.37. The molecule has 0 aromatic rings. The van der Waals surface area contributed by atoms with Crippen molar-refractivity contribution in [1.29, 1.82) is 0 Å². The van der Waals surface area contributed by atoms with Gasteiger partial charge in [0.1, 0.15) is 12.2 Å². The summed E-state index contributed by atoms with van der Waals surface area (Å²) in [6, 6.07) is -0.935. The summed E-state index contributed by atoms with van der Waals surface area (Å²) >= 11 is 0. The van der Waals surface area contributed by atoms with Gasteiger partial charge in [0.15, 0.2) is 0 Å². The first-order valence-corrected chi connectivity index (χ1v) is 6.37. The number of urea groups is 1. The van der Waals surface area contributed by atoms with E-state index in [1.54, 1.807) is 7.11 Å². The predicted molar refractivity (Wildman–Crippen MR) is 60.7 cm³/mol. The smallest absolute Gasteiger partial charge is 0.327 e. The number of rotatable bonds is 3. The van der Waals surface area contributed by atoms with Crippen molar-refractivity contribution in [3.8, 4) is 0 Å². The van der Waals surface area contributed by atoms with Crippen LogP contribution in [0.2, 0.25) is 0 Å². The Kier molecular flexibility index (Phi) is 2.59. The average Bonchev–Trinajstić information content (AvgIpc) is 2.77. The molecule has 3 rings (SSSR count). The second-order valence-electron chi connectivity index (χ2n) is 5.45. The van der Waals surface area contributed by atoms with Crippen molar-refractivity contribution in [1.82, 2.24) is 9.80 Å². The lowest BCUT2D eigenvalue weighted by Gasteiger charge is -2.42. The Bertz CT molecular complexity index is 367. The summed E-state index contributed by atoms with van der Waals surface area (Å²) in [4.78, 5) is 26.8. The first-order chi connectivity index (χ1) is 8.56. The third kappa shape index (κ3) is 1.55. The minimum absolute atomic E-state index is 0.0473. The Labute approximate surface area is 105 Å². The molecule has 2 aliphatic heterocycles. The monoisotopic (exact) mass is 256 g/mol. The molecule has 0 bridgehead atoms. The molecular weight excluding hydrogens is 239 g/mol. The summed E-state index contributed by atoms with van der Waals surface area (Å²) in [5.41, 5.74) is -0.361. The van der Waals surface area contributed by atoms with E-state index in [1.807, 2.05) is 0 Å². The van der Waals surface area contributed by atoms with Crippen molar-refractivity contribution < 1.29 is 18.7 Å².